The highest BCUT2D eigenvalue weighted by Gasteiger charge is 2.19. The van der Waals surface area contributed by atoms with Crippen LogP contribution in [0.15, 0.2) is 4.52 Å². The number of aliphatic hydroxyl groups excluding tert-OH is 1. The molecular weight excluding hydrogens is 240 g/mol. The van der Waals surface area contributed by atoms with Crippen LogP contribution in [0.4, 0.5) is 0 Å². The summed E-state index contributed by atoms with van der Waals surface area (Å²) in [5, 5.41) is 17.5. The average molecular weight is 254 g/mol. The molecule has 7 heteroatoms. The van der Waals surface area contributed by atoms with Crippen LogP contribution >= 0.6 is 11.5 Å². The lowest BCUT2D eigenvalue weighted by Gasteiger charge is -2.01. The molecule has 0 amide bonds. The van der Waals surface area contributed by atoms with Crippen LogP contribution in [0.5, 0.6) is 0 Å². The number of aliphatic hydroxyl groups is 1. The molecule has 0 fully saturated rings. The lowest BCUT2D eigenvalue weighted by atomic mass is 10.2. The molecule has 1 unspecified atom stereocenters. The highest BCUT2D eigenvalue weighted by Crippen LogP contribution is 2.26. The van der Waals surface area contributed by atoms with Gasteiger partial charge in [0, 0.05) is 0 Å². The van der Waals surface area contributed by atoms with E-state index in [1.165, 1.54) is 11.5 Å². The molecule has 17 heavy (non-hydrogen) atoms. The third-order valence-electron chi connectivity index (χ3n) is 2.39. The molecule has 6 nitrogen and oxygen atoms in total. The van der Waals surface area contributed by atoms with Crippen molar-refractivity contribution < 1.29 is 9.63 Å². The minimum atomic E-state index is -0.663. The van der Waals surface area contributed by atoms with Gasteiger partial charge in [0.2, 0.25) is 5.82 Å². The van der Waals surface area contributed by atoms with Crippen LogP contribution in [-0.2, 0) is 6.42 Å². The van der Waals surface area contributed by atoms with Gasteiger partial charge in [0.25, 0.3) is 5.89 Å². The molecule has 0 aliphatic carbocycles. The molecule has 0 aliphatic rings. The lowest BCUT2D eigenvalue weighted by molar-refractivity contribution is 0.153. The van der Waals surface area contributed by atoms with Crippen molar-refractivity contribution in [1.82, 2.24) is 19.7 Å². The lowest BCUT2D eigenvalue weighted by Crippen LogP contribution is -1.98. The Morgan fingerprint density at radius 2 is 2.24 bits per heavy atom. The fraction of sp³-hybridized carbons (Fsp3) is 0.600. The topological polar surface area (TPSA) is 84.9 Å². The molecule has 2 heterocycles. The zero-order valence-corrected chi connectivity index (χ0v) is 10.6. The monoisotopic (exact) mass is 254 g/mol. The molecule has 0 radical (unpaired) electrons. The van der Waals surface area contributed by atoms with Gasteiger partial charge in [-0.25, -0.2) is 0 Å². The summed E-state index contributed by atoms with van der Waals surface area (Å²) in [6.07, 6.45) is 1.60. The smallest absolute Gasteiger partial charge is 0.271 e. The Morgan fingerprint density at radius 3 is 2.94 bits per heavy atom. The Bertz CT molecular complexity index is 482. The van der Waals surface area contributed by atoms with Crippen molar-refractivity contribution in [3.8, 4) is 10.8 Å². The quantitative estimate of drug-likeness (QED) is 0.878. The highest BCUT2D eigenvalue weighted by molar-refractivity contribution is 7.09. The summed E-state index contributed by atoms with van der Waals surface area (Å²) in [5.74, 6) is 0.722. The Hall–Kier alpha value is -1.34. The molecule has 1 atom stereocenters. The minimum absolute atomic E-state index is 0.331. The maximum absolute atomic E-state index is 9.75. The third-order valence-corrected chi connectivity index (χ3v) is 3.14. The normalized spacial score (nSPS) is 12.9. The van der Waals surface area contributed by atoms with E-state index in [0.29, 0.717) is 18.1 Å². The van der Waals surface area contributed by atoms with Crippen molar-refractivity contribution in [2.24, 2.45) is 0 Å². The number of rotatable bonds is 5. The van der Waals surface area contributed by atoms with Crippen molar-refractivity contribution in [2.75, 3.05) is 0 Å². The van der Waals surface area contributed by atoms with Crippen molar-refractivity contribution in [2.45, 2.75) is 39.2 Å². The van der Waals surface area contributed by atoms with Gasteiger partial charge in [0.15, 0.2) is 0 Å². The van der Waals surface area contributed by atoms with Gasteiger partial charge in [0.1, 0.15) is 11.0 Å². The number of hydrogen-bond donors (Lipinski definition) is 1. The Balaban J connectivity index is 2.23. The third kappa shape index (κ3) is 2.50. The minimum Gasteiger partial charge on any atom is -0.385 e. The van der Waals surface area contributed by atoms with Crippen molar-refractivity contribution in [3.05, 3.63) is 11.5 Å². The number of nitrogens with zero attached hydrogens (tertiary/aromatic N) is 4. The number of aryl methyl sites for hydroxylation is 1. The first kappa shape index (κ1) is 12.1. The summed E-state index contributed by atoms with van der Waals surface area (Å²) in [4.78, 5) is 4.97. The molecule has 92 valence electrons. The maximum atomic E-state index is 9.75. The Morgan fingerprint density at radius 1 is 1.41 bits per heavy atom. The Kier molecular flexibility index (Phi) is 3.80. The fourth-order valence-electron chi connectivity index (χ4n) is 1.47. The number of hydrogen-bond acceptors (Lipinski definition) is 7. The van der Waals surface area contributed by atoms with Gasteiger partial charge in [-0.3, -0.25) is 0 Å². The van der Waals surface area contributed by atoms with Crippen LogP contribution in [-0.4, -0.2) is 24.8 Å². The molecule has 0 spiro atoms. The predicted molar refractivity (Wildman–Crippen MR) is 62.4 cm³/mol. The van der Waals surface area contributed by atoms with Crippen LogP contribution < -0.4 is 0 Å². The molecule has 1 N–H and O–H groups in total. The molecule has 0 bridgehead atoms. The van der Waals surface area contributed by atoms with Gasteiger partial charge in [-0.05, 0) is 24.4 Å². The van der Waals surface area contributed by atoms with Crippen molar-refractivity contribution >= 4 is 11.5 Å². The summed E-state index contributed by atoms with van der Waals surface area (Å²) in [5.41, 5.74) is 0.843. The second-order valence-electron chi connectivity index (χ2n) is 3.66. The fourth-order valence-corrected chi connectivity index (χ4v) is 2.14. The van der Waals surface area contributed by atoms with Crippen LogP contribution in [0, 0.1) is 0 Å². The maximum Gasteiger partial charge on any atom is 0.271 e. The van der Waals surface area contributed by atoms with Gasteiger partial charge in [-0.15, -0.1) is 5.10 Å². The molecule has 0 saturated carbocycles. The van der Waals surface area contributed by atoms with E-state index in [1.54, 1.807) is 0 Å². The first-order valence-corrected chi connectivity index (χ1v) is 6.36. The molecule has 2 rings (SSSR count). The second-order valence-corrected chi connectivity index (χ2v) is 4.42. The van der Waals surface area contributed by atoms with Gasteiger partial charge in [-0.1, -0.05) is 29.9 Å². The molecular formula is C10H14N4O2S. The zero-order chi connectivity index (χ0) is 12.3. The van der Waals surface area contributed by atoms with Crippen LogP contribution in [0.3, 0.4) is 0 Å². The zero-order valence-electron chi connectivity index (χ0n) is 9.75. The van der Waals surface area contributed by atoms with E-state index in [-0.39, 0.29) is 0 Å². The molecule has 0 saturated heterocycles. The largest absolute Gasteiger partial charge is 0.385 e. The SMILES string of the molecule is CCCC(O)c1noc(-c2snnc2CC)n1. The first-order chi connectivity index (χ1) is 8.26. The van der Waals surface area contributed by atoms with Crippen LogP contribution in [0.2, 0.25) is 0 Å². The average Bonchev–Trinajstić information content (AvgIpc) is 2.97. The summed E-state index contributed by atoms with van der Waals surface area (Å²) in [6, 6.07) is 0. The molecule has 2 aromatic rings. The van der Waals surface area contributed by atoms with E-state index in [1.807, 2.05) is 13.8 Å². The van der Waals surface area contributed by atoms with E-state index in [9.17, 15) is 5.11 Å². The van der Waals surface area contributed by atoms with Gasteiger partial charge >= 0.3 is 0 Å². The van der Waals surface area contributed by atoms with Crippen LogP contribution in [0.1, 0.15) is 44.3 Å². The van der Waals surface area contributed by atoms with Crippen molar-refractivity contribution in [3.63, 3.8) is 0 Å². The summed E-state index contributed by atoms with van der Waals surface area (Å²) in [6.45, 7) is 3.98. The molecule has 0 aromatic carbocycles. The number of aromatic nitrogens is 4. The standard InChI is InChI=1S/C10H14N4O2S/c1-3-5-7(15)9-11-10(16-13-9)8-6(4-2)12-14-17-8/h7,15H,3-5H2,1-2H3. The van der Waals surface area contributed by atoms with Crippen LogP contribution in [0.25, 0.3) is 10.8 Å². The summed E-state index contributed by atoms with van der Waals surface area (Å²) in [7, 11) is 0. The Labute approximate surface area is 103 Å². The molecule has 0 aliphatic heterocycles. The van der Waals surface area contributed by atoms with Crippen molar-refractivity contribution in [1.29, 1.82) is 0 Å². The van der Waals surface area contributed by atoms with Gasteiger partial charge < -0.3 is 9.63 Å². The highest BCUT2D eigenvalue weighted by atomic mass is 32.1. The van der Waals surface area contributed by atoms with E-state index in [0.717, 1.165) is 23.4 Å². The van der Waals surface area contributed by atoms with E-state index in [2.05, 4.69) is 19.7 Å². The second kappa shape index (κ2) is 5.33. The summed E-state index contributed by atoms with van der Waals surface area (Å²) < 4.78 is 8.99. The van der Waals surface area contributed by atoms with Gasteiger partial charge in [0.05, 0.1) is 5.69 Å². The first-order valence-electron chi connectivity index (χ1n) is 5.59. The van der Waals surface area contributed by atoms with Gasteiger partial charge in [-0.2, -0.15) is 4.98 Å². The van der Waals surface area contributed by atoms with E-state index in [4.69, 9.17) is 4.52 Å². The molecule has 2 aromatic heterocycles. The predicted octanol–water partition coefficient (Wildman–Crippen LogP) is 1.98. The van der Waals surface area contributed by atoms with E-state index >= 15 is 0 Å². The van der Waals surface area contributed by atoms with E-state index < -0.39 is 6.10 Å². The summed E-state index contributed by atoms with van der Waals surface area (Å²) >= 11 is 1.23.